The fourth-order valence-electron chi connectivity index (χ4n) is 6.49. The Hall–Kier alpha value is -3.39. The molecule has 1 aliphatic carbocycles. The van der Waals surface area contributed by atoms with Crippen LogP contribution in [0.1, 0.15) is 70.3 Å². The summed E-state index contributed by atoms with van der Waals surface area (Å²) in [4.78, 5) is 38.6. The third-order valence-electron chi connectivity index (χ3n) is 8.92. The summed E-state index contributed by atoms with van der Waals surface area (Å²) in [7, 11) is 4.30. The van der Waals surface area contributed by atoms with Crippen LogP contribution in [0.4, 0.5) is 21.9 Å². The monoisotopic (exact) mass is 558 g/mol. The number of nitrogens with zero attached hydrogens (tertiary/aromatic N) is 4. The maximum Gasteiger partial charge on any atom is 0.321 e. The number of amides is 3. The molecule has 2 aliphatic heterocycles. The number of hydrogen-bond donors (Lipinski definition) is 2. The van der Waals surface area contributed by atoms with Crippen molar-refractivity contribution in [3.63, 3.8) is 0 Å². The van der Waals surface area contributed by atoms with Crippen LogP contribution in [-0.2, 0) is 4.79 Å². The van der Waals surface area contributed by atoms with Crippen molar-refractivity contribution in [2.75, 3.05) is 48.8 Å². The molecule has 8 nitrogen and oxygen atoms in total. The van der Waals surface area contributed by atoms with Gasteiger partial charge < -0.3 is 25.3 Å². The number of fused-ring (bicyclic) bond motifs is 1. The van der Waals surface area contributed by atoms with E-state index in [9.17, 15) is 9.59 Å². The minimum Gasteiger partial charge on any atom is -0.371 e. The van der Waals surface area contributed by atoms with E-state index in [1.54, 1.807) is 0 Å². The van der Waals surface area contributed by atoms with Gasteiger partial charge in [0.15, 0.2) is 0 Å². The molecule has 1 atom stereocenters. The molecule has 2 aromatic carbocycles. The summed E-state index contributed by atoms with van der Waals surface area (Å²) in [6.07, 6.45) is 8.90. The number of benzene rings is 2. The summed E-state index contributed by atoms with van der Waals surface area (Å²) in [5.74, 6) is 0.120. The Balaban J connectivity index is 1.31. The first kappa shape index (κ1) is 29.1. The number of anilines is 3. The molecular weight excluding hydrogens is 512 g/mol. The fourth-order valence-corrected chi connectivity index (χ4v) is 6.49. The Labute approximate surface area is 245 Å². The van der Waals surface area contributed by atoms with Gasteiger partial charge >= 0.3 is 6.03 Å². The molecule has 2 heterocycles. The van der Waals surface area contributed by atoms with Gasteiger partial charge in [-0.15, -0.1) is 0 Å². The molecule has 2 N–H and O–H groups in total. The Kier molecular flexibility index (Phi) is 9.60. The Bertz CT molecular complexity index is 1210. The van der Waals surface area contributed by atoms with Crippen molar-refractivity contribution in [1.29, 1.82) is 0 Å². The molecule has 1 saturated carbocycles. The lowest BCUT2D eigenvalue weighted by Crippen LogP contribution is -2.49. The van der Waals surface area contributed by atoms with Crippen molar-refractivity contribution in [2.45, 2.75) is 76.9 Å². The topological polar surface area (TPSA) is 80.3 Å². The molecule has 0 bridgehead atoms. The molecule has 3 amide bonds. The summed E-state index contributed by atoms with van der Waals surface area (Å²) in [6.45, 7) is 4.78. The zero-order valence-electron chi connectivity index (χ0n) is 24.9. The van der Waals surface area contributed by atoms with Crippen molar-refractivity contribution in [3.8, 4) is 0 Å². The number of para-hydroxylation sites is 1. The van der Waals surface area contributed by atoms with Crippen LogP contribution in [0.2, 0.25) is 0 Å². The van der Waals surface area contributed by atoms with Crippen LogP contribution < -0.4 is 20.4 Å². The van der Waals surface area contributed by atoms with Gasteiger partial charge in [-0.2, -0.15) is 0 Å². The highest BCUT2D eigenvalue weighted by molar-refractivity contribution is 6.14. The van der Waals surface area contributed by atoms with Crippen molar-refractivity contribution in [2.24, 2.45) is 10.9 Å². The summed E-state index contributed by atoms with van der Waals surface area (Å²) >= 11 is 0. The minimum absolute atomic E-state index is 0.177. The molecule has 0 spiro atoms. The molecule has 0 radical (unpaired) electrons. The highest BCUT2D eigenvalue weighted by Crippen LogP contribution is 2.34. The first-order valence-electron chi connectivity index (χ1n) is 15.5. The Morgan fingerprint density at radius 2 is 1.68 bits per heavy atom. The van der Waals surface area contributed by atoms with E-state index in [1.165, 1.54) is 19.3 Å². The Morgan fingerprint density at radius 1 is 0.976 bits per heavy atom. The van der Waals surface area contributed by atoms with Crippen LogP contribution >= 0.6 is 0 Å². The summed E-state index contributed by atoms with van der Waals surface area (Å²) < 4.78 is 0. The van der Waals surface area contributed by atoms with Crippen LogP contribution in [0.15, 0.2) is 53.5 Å². The predicted molar refractivity (Wildman–Crippen MR) is 168 cm³/mol. The van der Waals surface area contributed by atoms with E-state index in [-0.39, 0.29) is 5.91 Å². The number of carbonyl (C=O) groups is 2. The number of aliphatic imine (C=N–C) groups is 1. The van der Waals surface area contributed by atoms with E-state index in [1.807, 2.05) is 35.2 Å². The quantitative estimate of drug-likeness (QED) is 0.424. The smallest absolute Gasteiger partial charge is 0.321 e. The van der Waals surface area contributed by atoms with Crippen LogP contribution in [-0.4, -0.2) is 68.5 Å². The van der Waals surface area contributed by atoms with Crippen LogP contribution in [0.25, 0.3) is 0 Å². The van der Waals surface area contributed by atoms with Crippen LogP contribution in [0, 0.1) is 5.92 Å². The first-order valence-corrected chi connectivity index (χ1v) is 15.5. The second-order valence-corrected chi connectivity index (χ2v) is 11.9. The fraction of sp³-hybridized carbons (Fsp3) is 0.545. The third-order valence-corrected chi connectivity index (χ3v) is 8.92. The average molecular weight is 559 g/mol. The minimum atomic E-state index is -0.964. The first-order chi connectivity index (χ1) is 19.9. The third kappa shape index (κ3) is 6.92. The molecule has 3 aliphatic rings. The standard InChI is InChI=1S/C33H46N6O2/c1-4-5-21-39-29-14-10-9-13-28(29)30(24-11-7-6-8-12-24)35-31(32(39)40)36-33(41)34-25-15-17-27(18-16-25)38-22-19-26(20-23-38)37(2)3/h9-10,13-18,24,26,31H,4-8,11-12,19-23H2,1-3H3,(H2,34,36,41). The number of hydrogen-bond acceptors (Lipinski definition) is 5. The van der Waals surface area contributed by atoms with Crippen molar-refractivity contribution < 1.29 is 9.59 Å². The summed E-state index contributed by atoms with van der Waals surface area (Å²) in [6, 6.07) is 16.3. The molecule has 2 fully saturated rings. The molecular formula is C33H46N6O2. The average Bonchev–Trinajstić information content (AvgIpc) is 3.11. The van der Waals surface area contributed by atoms with Gasteiger partial charge in [0.1, 0.15) is 0 Å². The highest BCUT2D eigenvalue weighted by Gasteiger charge is 2.35. The normalized spacial score (nSPS) is 20.4. The van der Waals surface area contributed by atoms with E-state index in [2.05, 4.69) is 59.7 Å². The molecule has 0 aromatic heterocycles. The second-order valence-electron chi connectivity index (χ2n) is 11.9. The maximum absolute atomic E-state index is 13.9. The molecule has 8 heteroatoms. The lowest BCUT2D eigenvalue weighted by atomic mass is 9.83. The van der Waals surface area contributed by atoms with Gasteiger partial charge in [0.2, 0.25) is 6.17 Å². The lowest BCUT2D eigenvalue weighted by Gasteiger charge is -2.36. The van der Waals surface area contributed by atoms with Crippen molar-refractivity contribution in [3.05, 3.63) is 54.1 Å². The molecule has 41 heavy (non-hydrogen) atoms. The highest BCUT2D eigenvalue weighted by atomic mass is 16.2. The van der Waals surface area contributed by atoms with Crippen LogP contribution in [0.3, 0.4) is 0 Å². The van der Waals surface area contributed by atoms with Gasteiger partial charge in [-0.25, -0.2) is 4.79 Å². The van der Waals surface area contributed by atoms with Crippen molar-refractivity contribution >= 4 is 34.7 Å². The maximum atomic E-state index is 13.9. The van der Waals surface area contributed by atoms with Crippen molar-refractivity contribution in [1.82, 2.24) is 10.2 Å². The summed E-state index contributed by atoms with van der Waals surface area (Å²) in [5, 5.41) is 5.86. The molecule has 1 unspecified atom stereocenters. The number of carbonyl (C=O) groups excluding carboxylic acids is 2. The molecule has 220 valence electrons. The second kappa shape index (κ2) is 13.5. The SMILES string of the molecule is CCCCN1C(=O)C(NC(=O)Nc2ccc(N3CCC(N(C)C)CC3)cc2)N=C(C2CCCCC2)c2ccccc21. The number of rotatable bonds is 8. The lowest BCUT2D eigenvalue weighted by molar-refractivity contribution is -0.120. The van der Waals surface area contributed by atoms with E-state index < -0.39 is 12.2 Å². The number of piperidine rings is 1. The number of nitrogens with one attached hydrogen (secondary N) is 2. The van der Waals surface area contributed by atoms with Gasteiger partial charge in [-0.3, -0.25) is 9.79 Å². The number of benzodiazepines with no additional fused rings is 1. The van der Waals surface area contributed by atoms with Gasteiger partial charge in [0.05, 0.1) is 11.4 Å². The van der Waals surface area contributed by atoms with Gasteiger partial charge in [0, 0.05) is 48.5 Å². The van der Waals surface area contributed by atoms with E-state index in [4.69, 9.17) is 4.99 Å². The van der Waals surface area contributed by atoms with E-state index >= 15 is 0 Å². The largest absolute Gasteiger partial charge is 0.371 e. The number of urea groups is 1. The van der Waals surface area contributed by atoms with E-state index in [0.717, 1.165) is 74.3 Å². The van der Waals surface area contributed by atoms with Gasteiger partial charge in [-0.05, 0) is 76.5 Å². The van der Waals surface area contributed by atoms with Crippen LogP contribution in [0.5, 0.6) is 0 Å². The predicted octanol–water partition coefficient (Wildman–Crippen LogP) is 5.88. The molecule has 2 aromatic rings. The van der Waals surface area contributed by atoms with E-state index in [0.29, 0.717) is 24.2 Å². The molecule has 5 rings (SSSR count). The van der Waals surface area contributed by atoms with Gasteiger partial charge in [-0.1, -0.05) is 50.8 Å². The van der Waals surface area contributed by atoms with Gasteiger partial charge in [0.25, 0.3) is 5.91 Å². The molecule has 1 saturated heterocycles. The zero-order valence-corrected chi connectivity index (χ0v) is 24.9. The zero-order chi connectivity index (χ0) is 28.8. The number of unbranched alkanes of at least 4 members (excludes halogenated alkanes) is 1. The summed E-state index contributed by atoms with van der Waals surface area (Å²) in [5.41, 5.74) is 4.75. The Morgan fingerprint density at radius 3 is 2.37 bits per heavy atom.